The van der Waals surface area contributed by atoms with Crippen LogP contribution in [-0.2, 0) is 14.4 Å². The number of benzene rings is 1. The predicted molar refractivity (Wildman–Crippen MR) is 120 cm³/mol. The Balaban J connectivity index is 1.97. The Bertz CT molecular complexity index is 869. The van der Waals surface area contributed by atoms with E-state index in [1.54, 1.807) is 31.2 Å². The van der Waals surface area contributed by atoms with E-state index in [1.165, 1.54) is 16.7 Å². The number of nitriles is 1. The lowest BCUT2D eigenvalue weighted by Crippen LogP contribution is -2.44. The van der Waals surface area contributed by atoms with Gasteiger partial charge in [0.15, 0.2) is 12.5 Å². The third-order valence-electron chi connectivity index (χ3n) is 4.72. The molecule has 1 saturated heterocycles. The third kappa shape index (κ3) is 7.49. The fourth-order valence-corrected chi connectivity index (χ4v) is 4.67. The van der Waals surface area contributed by atoms with Gasteiger partial charge in [-0.2, -0.15) is 5.26 Å². The number of carbonyl (C=O) groups is 3. The maximum absolute atomic E-state index is 12.8. The number of carbonyl (C=O) groups excluding carboxylic acids is 3. The zero-order chi connectivity index (χ0) is 24.2. The highest BCUT2D eigenvalue weighted by Gasteiger charge is 2.45. The van der Waals surface area contributed by atoms with E-state index in [-0.39, 0.29) is 32.1 Å². The maximum Gasteiger partial charge on any atom is 0.258 e. The second-order valence-electron chi connectivity index (χ2n) is 6.96. The summed E-state index contributed by atoms with van der Waals surface area (Å²) in [6, 6.07) is 8.72. The summed E-state index contributed by atoms with van der Waals surface area (Å²) in [5, 5.41) is 16.1. The van der Waals surface area contributed by atoms with Gasteiger partial charge in [0.25, 0.3) is 5.91 Å². The topological polar surface area (TPSA) is 124 Å². The molecule has 1 aromatic carbocycles. The van der Waals surface area contributed by atoms with Crippen LogP contribution < -0.4 is 20.7 Å². The van der Waals surface area contributed by atoms with E-state index in [2.05, 4.69) is 16.0 Å². The van der Waals surface area contributed by atoms with Crippen LogP contribution in [0.1, 0.15) is 6.92 Å². The number of halogens is 2. The van der Waals surface area contributed by atoms with E-state index in [1.807, 2.05) is 6.07 Å². The SMILES string of the molecule is CCN1C(=O)C(CNc2cccc(OCC(=O)NCCF)c2)SC1C(C#N)C(=O)NCCF. The summed E-state index contributed by atoms with van der Waals surface area (Å²) in [4.78, 5) is 38.1. The first kappa shape index (κ1) is 26.2. The zero-order valence-electron chi connectivity index (χ0n) is 18.2. The summed E-state index contributed by atoms with van der Waals surface area (Å²) in [5.41, 5.74) is 0.647. The molecule has 0 spiro atoms. The van der Waals surface area contributed by atoms with E-state index >= 15 is 0 Å². The van der Waals surface area contributed by atoms with Crippen molar-refractivity contribution in [3.05, 3.63) is 24.3 Å². The van der Waals surface area contributed by atoms with Crippen molar-refractivity contribution in [2.24, 2.45) is 5.92 Å². The number of nitrogens with zero attached hydrogens (tertiary/aromatic N) is 2. The van der Waals surface area contributed by atoms with Gasteiger partial charge >= 0.3 is 0 Å². The Morgan fingerprint density at radius 3 is 2.67 bits per heavy atom. The van der Waals surface area contributed by atoms with E-state index < -0.39 is 41.7 Å². The lowest BCUT2D eigenvalue weighted by atomic mass is 10.1. The number of thioether (sulfide) groups is 1. The molecule has 3 N–H and O–H groups in total. The smallest absolute Gasteiger partial charge is 0.258 e. The van der Waals surface area contributed by atoms with Crippen LogP contribution in [0, 0.1) is 17.2 Å². The molecule has 0 aromatic heterocycles. The van der Waals surface area contributed by atoms with Crippen LogP contribution in [-0.4, -0.2) is 79.4 Å². The molecule has 33 heavy (non-hydrogen) atoms. The maximum atomic E-state index is 12.8. The van der Waals surface area contributed by atoms with Gasteiger partial charge in [-0.1, -0.05) is 6.07 Å². The van der Waals surface area contributed by atoms with E-state index in [0.29, 0.717) is 18.0 Å². The normalized spacial score (nSPS) is 18.4. The largest absolute Gasteiger partial charge is 0.484 e. The Hall–Kier alpha value is -3.07. The monoisotopic (exact) mass is 483 g/mol. The van der Waals surface area contributed by atoms with Gasteiger partial charge in [0.1, 0.15) is 29.7 Å². The van der Waals surface area contributed by atoms with Crippen molar-refractivity contribution in [1.29, 1.82) is 5.26 Å². The molecule has 1 fully saturated rings. The van der Waals surface area contributed by atoms with Crippen molar-refractivity contribution in [3.63, 3.8) is 0 Å². The van der Waals surface area contributed by atoms with Crippen molar-refractivity contribution in [2.45, 2.75) is 17.5 Å². The van der Waals surface area contributed by atoms with Gasteiger partial charge in [-0.3, -0.25) is 14.4 Å². The zero-order valence-corrected chi connectivity index (χ0v) is 19.0. The lowest BCUT2D eigenvalue weighted by molar-refractivity contribution is -0.131. The highest BCUT2D eigenvalue weighted by molar-refractivity contribution is 8.01. The Morgan fingerprint density at radius 1 is 1.27 bits per heavy atom. The predicted octanol–water partition coefficient (Wildman–Crippen LogP) is 1.08. The van der Waals surface area contributed by atoms with Crippen LogP contribution in [0.2, 0.25) is 0 Å². The third-order valence-corrected chi connectivity index (χ3v) is 6.23. The minimum Gasteiger partial charge on any atom is -0.484 e. The number of rotatable bonds is 13. The molecule has 3 amide bonds. The second-order valence-corrected chi connectivity index (χ2v) is 8.29. The number of hydrogen-bond acceptors (Lipinski definition) is 7. The number of alkyl halides is 2. The van der Waals surface area contributed by atoms with Crippen LogP contribution in [0.3, 0.4) is 0 Å². The van der Waals surface area contributed by atoms with Gasteiger partial charge < -0.3 is 25.6 Å². The average Bonchev–Trinajstić information content (AvgIpc) is 3.14. The summed E-state index contributed by atoms with van der Waals surface area (Å²) >= 11 is 1.21. The molecule has 0 aliphatic carbocycles. The first-order chi connectivity index (χ1) is 15.9. The minimum absolute atomic E-state index is 0.0726. The number of anilines is 1. The summed E-state index contributed by atoms with van der Waals surface area (Å²) in [6.07, 6.45) is 0. The van der Waals surface area contributed by atoms with Gasteiger partial charge in [-0.05, 0) is 19.1 Å². The standard InChI is InChI=1S/C21H27F2N5O4S/c1-2-28-20(31)17(33-21(28)16(11-24)19(30)26-9-7-23)12-27-14-4-3-5-15(10-14)32-13-18(29)25-8-6-22/h3-5,10,16-17,21,27H,2,6-9,12-13H2,1H3,(H,25,29)(H,26,30). The van der Waals surface area contributed by atoms with Crippen molar-refractivity contribution in [1.82, 2.24) is 15.5 Å². The molecule has 1 aromatic rings. The second kappa shape index (κ2) is 13.5. The quantitative estimate of drug-likeness (QED) is 0.384. The molecule has 12 heteroatoms. The molecule has 2 rings (SSSR count). The van der Waals surface area contributed by atoms with E-state index in [9.17, 15) is 28.4 Å². The highest BCUT2D eigenvalue weighted by atomic mass is 32.2. The average molecular weight is 484 g/mol. The Kier molecular flexibility index (Phi) is 10.7. The van der Waals surface area contributed by atoms with Gasteiger partial charge in [-0.25, -0.2) is 8.78 Å². The fraction of sp³-hybridized carbons (Fsp3) is 0.524. The molecule has 3 unspecified atom stereocenters. The number of amides is 3. The molecular formula is C21H27F2N5O4S. The van der Waals surface area contributed by atoms with Crippen molar-refractivity contribution >= 4 is 35.2 Å². The molecule has 1 aliphatic heterocycles. The van der Waals surface area contributed by atoms with Crippen LogP contribution in [0.25, 0.3) is 0 Å². The molecule has 0 saturated carbocycles. The van der Waals surface area contributed by atoms with Gasteiger partial charge in [-0.15, -0.1) is 11.8 Å². The van der Waals surface area contributed by atoms with Crippen LogP contribution in [0.15, 0.2) is 24.3 Å². The van der Waals surface area contributed by atoms with E-state index in [0.717, 1.165) is 0 Å². The van der Waals surface area contributed by atoms with Gasteiger partial charge in [0.2, 0.25) is 11.8 Å². The summed E-state index contributed by atoms with van der Waals surface area (Å²) in [5.74, 6) is -1.94. The summed E-state index contributed by atoms with van der Waals surface area (Å²) < 4.78 is 29.9. The molecule has 9 nitrogen and oxygen atoms in total. The van der Waals surface area contributed by atoms with Crippen LogP contribution in [0.5, 0.6) is 5.75 Å². The fourth-order valence-electron chi connectivity index (χ4n) is 3.17. The molecule has 1 heterocycles. The summed E-state index contributed by atoms with van der Waals surface area (Å²) in [6.45, 7) is 0.419. The molecule has 0 radical (unpaired) electrons. The van der Waals surface area contributed by atoms with Gasteiger partial charge in [0.05, 0.1) is 6.07 Å². The number of ether oxygens (including phenoxy) is 1. The molecule has 1 aliphatic rings. The Labute approximate surface area is 195 Å². The number of nitrogens with one attached hydrogen (secondary N) is 3. The molecular weight excluding hydrogens is 456 g/mol. The lowest BCUT2D eigenvalue weighted by Gasteiger charge is -2.25. The van der Waals surface area contributed by atoms with Crippen LogP contribution >= 0.6 is 11.8 Å². The van der Waals surface area contributed by atoms with Crippen molar-refractivity contribution in [3.8, 4) is 11.8 Å². The molecule has 3 atom stereocenters. The molecule has 0 bridgehead atoms. The summed E-state index contributed by atoms with van der Waals surface area (Å²) in [7, 11) is 0. The van der Waals surface area contributed by atoms with Crippen molar-refractivity contribution in [2.75, 3.05) is 51.5 Å². The highest BCUT2D eigenvalue weighted by Crippen LogP contribution is 2.36. The number of hydrogen-bond donors (Lipinski definition) is 3. The van der Waals surface area contributed by atoms with Crippen LogP contribution in [0.4, 0.5) is 14.5 Å². The Morgan fingerprint density at radius 2 is 2.00 bits per heavy atom. The van der Waals surface area contributed by atoms with Crippen molar-refractivity contribution < 1.29 is 27.9 Å². The first-order valence-corrected chi connectivity index (χ1v) is 11.4. The van der Waals surface area contributed by atoms with E-state index in [4.69, 9.17) is 4.74 Å². The van der Waals surface area contributed by atoms with Gasteiger partial charge in [0, 0.05) is 37.9 Å². The minimum atomic E-state index is -1.12. The first-order valence-electron chi connectivity index (χ1n) is 10.4. The molecule has 180 valence electrons.